The van der Waals surface area contributed by atoms with E-state index in [1.54, 1.807) is 35.2 Å². The summed E-state index contributed by atoms with van der Waals surface area (Å²) in [5.41, 5.74) is 0.434. The zero-order chi connectivity index (χ0) is 24.1. The van der Waals surface area contributed by atoms with Crippen molar-refractivity contribution in [2.24, 2.45) is 13.0 Å². The number of sulfonamides is 1. The van der Waals surface area contributed by atoms with Gasteiger partial charge in [0.25, 0.3) is 0 Å². The summed E-state index contributed by atoms with van der Waals surface area (Å²) >= 11 is 0. The first-order valence-corrected chi connectivity index (χ1v) is 12.9. The smallest absolute Gasteiger partial charge is 0.327 e. The molecule has 0 bridgehead atoms. The van der Waals surface area contributed by atoms with Crippen LogP contribution in [0.1, 0.15) is 43.4 Å². The van der Waals surface area contributed by atoms with Crippen molar-refractivity contribution in [2.75, 3.05) is 6.67 Å². The minimum Gasteiger partial charge on any atom is -0.347 e. The molecule has 0 aromatic carbocycles. The Kier molecular flexibility index (Phi) is 5.71. The maximum atomic E-state index is 13.5. The fourth-order valence-corrected chi connectivity index (χ4v) is 6.98. The minimum atomic E-state index is -3.81. The van der Waals surface area contributed by atoms with E-state index in [9.17, 15) is 22.4 Å². The van der Waals surface area contributed by atoms with Crippen molar-refractivity contribution in [3.05, 3.63) is 36.2 Å². The van der Waals surface area contributed by atoms with E-state index >= 15 is 0 Å². The molecular weight excluding hydrogens is 465 g/mol. The third kappa shape index (κ3) is 4.22. The molecule has 184 valence electrons. The lowest BCUT2D eigenvalue weighted by atomic mass is 9.80. The number of hydrogen-bond acceptors (Lipinski definition) is 6. The number of fused-ring (bicyclic) bond motifs is 1. The molecule has 2 aromatic heterocycles. The van der Waals surface area contributed by atoms with E-state index in [1.807, 2.05) is 0 Å². The van der Waals surface area contributed by atoms with Crippen LogP contribution in [0.3, 0.4) is 0 Å². The van der Waals surface area contributed by atoms with Crippen LogP contribution in [0.2, 0.25) is 0 Å². The van der Waals surface area contributed by atoms with Crippen LogP contribution in [0.25, 0.3) is 0 Å². The summed E-state index contributed by atoms with van der Waals surface area (Å²) in [7, 11) is -2.06. The number of aromatic nitrogens is 4. The van der Waals surface area contributed by atoms with Crippen molar-refractivity contribution in [1.82, 2.24) is 34.3 Å². The Morgan fingerprint density at radius 2 is 2.03 bits per heavy atom. The second-order valence-corrected chi connectivity index (χ2v) is 11.6. The second-order valence-electron chi connectivity index (χ2n) is 9.60. The van der Waals surface area contributed by atoms with Crippen LogP contribution in [-0.4, -0.2) is 73.4 Å². The Labute approximate surface area is 196 Å². The van der Waals surface area contributed by atoms with Gasteiger partial charge in [0, 0.05) is 31.0 Å². The third-order valence-electron chi connectivity index (χ3n) is 7.13. The summed E-state index contributed by atoms with van der Waals surface area (Å²) in [6.07, 6.45) is 8.16. The van der Waals surface area contributed by atoms with Crippen LogP contribution in [0.5, 0.6) is 0 Å². The van der Waals surface area contributed by atoms with Crippen LogP contribution in [-0.2, 0) is 35.0 Å². The molecule has 3 fully saturated rings. The largest absolute Gasteiger partial charge is 0.347 e. The molecular formula is C21H28FN7O4S. The molecule has 3 aliphatic rings. The van der Waals surface area contributed by atoms with Gasteiger partial charge in [-0.05, 0) is 32.1 Å². The normalized spacial score (nSPS) is 26.6. The Bertz CT molecular complexity index is 1180. The number of imide groups is 1. The van der Waals surface area contributed by atoms with Crippen molar-refractivity contribution in [3.8, 4) is 0 Å². The number of nitrogens with one attached hydrogen (secondary N) is 2. The molecule has 2 aromatic rings. The van der Waals surface area contributed by atoms with Gasteiger partial charge in [0.2, 0.25) is 15.9 Å². The van der Waals surface area contributed by atoms with Gasteiger partial charge in [-0.1, -0.05) is 0 Å². The van der Waals surface area contributed by atoms with Gasteiger partial charge in [-0.15, -0.1) is 0 Å². The highest BCUT2D eigenvalue weighted by Gasteiger charge is 2.53. The monoisotopic (exact) mass is 493 g/mol. The van der Waals surface area contributed by atoms with Gasteiger partial charge in [-0.3, -0.25) is 14.4 Å². The van der Waals surface area contributed by atoms with E-state index in [0.717, 1.165) is 5.69 Å². The first-order chi connectivity index (χ1) is 16.2. The van der Waals surface area contributed by atoms with Crippen LogP contribution in [0, 0.1) is 5.92 Å². The lowest BCUT2D eigenvalue weighted by molar-refractivity contribution is -0.141. The number of alkyl halides is 1. The van der Waals surface area contributed by atoms with Gasteiger partial charge >= 0.3 is 6.03 Å². The fraction of sp³-hybridized carbons (Fsp3) is 0.619. The SMILES string of the molecule is Cn1cc(CN2C(=O)C3CC(S(=O)(=O)NC4(CF)CC4)CCC3N(Cc3cnc[nH]3)C2=O)cn1. The number of urea groups is 1. The summed E-state index contributed by atoms with van der Waals surface area (Å²) in [6.45, 7) is -0.457. The van der Waals surface area contributed by atoms with E-state index in [2.05, 4.69) is 19.8 Å². The first-order valence-electron chi connectivity index (χ1n) is 11.4. The number of nitrogens with zero attached hydrogens (tertiary/aromatic N) is 5. The molecule has 2 N–H and O–H groups in total. The summed E-state index contributed by atoms with van der Waals surface area (Å²) in [4.78, 5) is 36.8. The van der Waals surface area contributed by atoms with Gasteiger partial charge in [-0.25, -0.2) is 27.3 Å². The number of imidazole rings is 1. The van der Waals surface area contributed by atoms with E-state index in [0.29, 0.717) is 31.2 Å². The van der Waals surface area contributed by atoms with Crippen molar-refractivity contribution >= 4 is 22.0 Å². The average molecular weight is 494 g/mol. The summed E-state index contributed by atoms with van der Waals surface area (Å²) in [5.74, 6) is -1.06. The molecule has 0 radical (unpaired) electrons. The molecule has 0 spiro atoms. The first kappa shape index (κ1) is 23.0. The van der Waals surface area contributed by atoms with Crippen LogP contribution >= 0.6 is 0 Å². The lowest BCUT2D eigenvalue weighted by Gasteiger charge is -2.48. The molecule has 3 heterocycles. The predicted octanol–water partition coefficient (Wildman–Crippen LogP) is 1.07. The molecule has 1 aliphatic heterocycles. The number of amides is 3. The molecule has 3 amide bonds. The highest BCUT2D eigenvalue weighted by atomic mass is 32.2. The molecule has 2 saturated carbocycles. The maximum absolute atomic E-state index is 13.5. The van der Waals surface area contributed by atoms with Crippen molar-refractivity contribution in [1.29, 1.82) is 0 Å². The zero-order valence-electron chi connectivity index (χ0n) is 18.9. The summed E-state index contributed by atoms with van der Waals surface area (Å²) < 4.78 is 43.6. The lowest BCUT2D eigenvalue weighted by Crippen LogP contribution is -2.63. The maximum Gasteiger partial charge on any atom is 0.327 e. The molecule has 2 aliphatic carbocycles. The van der Waals surface area contributed by atoms with E-state index in [-0.39, 0.29) is 25.4 Å². The molecule has 13 heteroatoms. The molecule has 3 unspecified atom stereocenters. The predicted molar refractivity (Wildman–Crippen MR) is 118 cm³/mol. The van der Waals surface area contributed by atoms with Crippen LogP contribution in [0.15, 0.2) is 24.9 Å². The van der Waals surface area contributed by atoms with Gasteiger partial charge < -0.3 is 9.88 Å². The Balaban J connectivity index is 1.41. The zero-order valence-corrected chi connectivity index (χ0v) is 19.7. The van der Waals surface area contributed by atoms with E-state index in [1.165, 1.54) is 11.2 Å². The fourth-order valence-electron chi connectivity index (χ4n) is 5.05. The number of aromatic amines is 1. The number of hydrogen-bond donors (Lipinski definition) is 2. The highest BCUT2D eigenvalue weighted by molar-refractivity contribution is 7.90. The minimum absolute atomic E-state index is 0.0504. The number of H-pyrrole nitrogens is 1. The topological polar surface area (TPSA) is 133 Å². The van der Waals surface area contributed by atoms with Crippen molar-refractivity contribution < 1.29 is 22.4 Å². The van der Waals surface area contributed by atoms with E-state index in [4.69, 9.17) is 0 Å². The molecule has 5 rings (SSSR count). The van der Waals surface area contributed by atoms with E-state index < -0.39 is 45.5 Å². The van der Waals surface area contributed by atoms with Gasteiger partial charge in [-0.2, -0.15) is 5.10 Å². The van der Waals surface area contributed by atoms with Crippen LogP contribution in [0.4, 0.5) is 9.18 Å². The Hall–Kier alpha value is -2.80. The second kappa shape index (κ2) is 8.45. The average Bonchev–Trinajstić information content (AvgIpc) is 3.17. The number of rotatable bonds is 8. The highest BCUT2D eigenvalue weighted by Crippen LogP contribution is 2.41. The summed E-state index contributed by atoms with van der Waals surface area (Å²) in [5, 5.41) is 3.29. The Morgan fingerprint density at radius 3 is 2.65 bits per heavy atom. The van der Waals surface area contributed by atoms with Gasteiger partial charge in [0.15, 0.2) is 0 Å². The molecule has 1 saturated heterocycles. The van der Waals surface area contributed by atoms with Crippen molar-refractivity contribution in [2.45, 2.75) is 62.0 Å². The molecule has 3 atom stereocenters. The van der Waals surface area contributed by atoms with Gasteiger partial charge in [0.05, 0.1) is 48.0 Å². The quantitative estimate of drug-likeness (QED) is 0.565. The Morgan fingerprint density at radius 1 is 1.24 bits per heavy atom. The number of aryl methyl sites for hydroxylation is 1. The summed E-state index contributed by atoms with van der Waals surface area (Å²) in [6, 6.07) is -0.838. The standard InChI is InChI=1S/C21H28FN7O4S/c1-27-9-14(7-25-27)10-29-19(30)17-6-16(34(32,33)26-21(12-22)4-5-21)2-3-18(17)28(20(29)31)11-15-8-23-13-24-15/h7-9,13,16-18,26H,2-6,10-12H2,1H3,(H,23,24). The third-order valence-corrected chi connectivity index (χ3v) is 9.15. The van der Waals surface area contributed by atoms with Crippen LogP contribution < -0.4 is 4.72 Å². The number of halogens is 1. The van der Waals surface area contributed by atoms with Gasteiger partial charge in [0.1, 0.15) is 6.67 Å². The molecule has 11 nitrogen and oxygen atoms in total. The van der Waals surface area contributed by atoms with Crippen molar-refractivity contribution in [3.63, 3.8) is 0 Å². The molecule has 34 heavy (non-hydrogen) atoms. The number of carbonyl (C=O) groups excluding carboxylic acids is 2. The number of carbonyl (C=O) groups is 2.